The summed E-state index contributed by atoms with van der Waals surface area (Å²) in [4.78, 5) is 28.0. The zero-order valence-electron chi connectivity index (χ0n) is 20.8. The smallest absolute Gasteiger partial charge is 0.407 e. The Hall–Kier alpha value is -3.18. The number of benzene rings is 1. The first-order valence-electron chi connectivity index (χ1n) is 12.1. The van der Waals surface area contributed by atoms with E-state index in [4.69, 9.17) is 14.5 Å². The first-order valence-corrected chi connectivity index (χ1v) is 12.1. The number of aliphatic imine (C=N–C) groups is 2. The Kier molecular flexibility index (Phi) is 6.37. The minimum atomic E-state index is -0.849. The molecule has 36 heavy (non-hydrogen) atoms. The van der Waals surface area contributed by atoms with Crippen LogP contribution in [0.2, 0.25) is 0 Å². The van der Waals surface area contributed by atoms with Gasteiger partial charge in [0.15, 0.2) is 11.7 Å². The van der Waals surface area contributed by atoms with Crippen molar-refractivity contribution >= 4 is 18.3 Å². The van der Waals surface area contributed by atoms with Crippen LogP contribution in [0.4, 0.5) is 13.6 Å². The molecule has 0 radical (unpaired) electrons. The number of rotatable bonds is 5. The third-order valence-electron chi connectivity index (χ3n) is 6.58. The predicted octanol–water partition coefficient (Wildman–Crippen LogP) is 3.71. The van der Waals surface area contributed by atoms with E-state index in [0.717, 1.165) is 42.0 Å². The number of alkyl carbamates (subject to hydrolysis) is 1. The van der Waals surface area contributed by atoms with Crippen LogP contribution in [0.15, 0.2) is 28.2 Å². The molecule has 0 bridgehead atoms. The van der Waals surface area contributed by atoms with Crippen LogP contribution >= 0.6 is 0 Å². The zero-order chi connectivity index (χ0) is 25.6. The summed E-state index contributed by atoms with van der Waals surface area (Å²) in [5, 5.41) is 2.85. The molecule has 5 rings (SSSR count). The van der Waals surface area contributed by atoms with Gasteiger partial charge in [-0.15, -0.1) is 0 Å². The summed E-state index contributed by atoms with van der Waals surface area (Å²) in [7, 11) is 0. The quantitative estimate of drug-likeness (QED) is 0.676. The first kappa shape index (κ1) is 24.5. The lowest BCUT2D eigenvalue weighted by molar-refractivity contribution is -0.0630. The van der Waals surface area contributed by atoms with E-state index in [1.165, 1.54) is 6.34 Å². The van der Waals surface area contributed by atoms with Crippen LogP contribution in [0.5, 0.6) is 0 Å². The van der Waals surface area contributed by atoms with Gasteiger partial charge in [-0.05, 0) is 52.3 Å². The molecule has 1 saturated heterocycles. The normalized spacial score (nSPS) is 23.7. The Morgan fingerprint density at radius 2 is 2.06 bits per heavy atom. The Labute approximate surface area is 208 Å². The Bertz CT molecular complexity index is 1240. The lowest BCUT2D eigenvalue weighted by Gasteiger charge is -2.40. The molecule has 1 amide bonds. The first-order chi connectivity index (χ1) is 17.1. The standard InChI is InChI=1S/C25H30F2N6O3/c1-5-33-20-11-32(10-19(20)30-23(33)22-28-13-29-22)15-9-18(31-24(34)36-25(2,3)4)21(35-12-15)16-8-14(26)6-7-17(16)27/h6-8,13,15,18,21H,5,9-12H2,1-4H3,(H,31,34)/t15-,18+,21-/m1/s1. The number of fused-ring (bicyclic) bond motifs is 1. The number of hydrogen-bond donors (Lipinski definition) is 1. The summed E-state index contributed by atoms with van der Waals surface area (Å²) >= 11 is 0. The van der Waals surface area contributed by atoms with Crippen molar-refractivity contribution in [3.8, 4) is 0 Å². The molecule has 3 atom stereocenters. The van der Waals surface area contributed by atoms with Gasteiger partial charge >= 0.3 is 6.09 Å². The van der Waals surface area contributed by atoms with Gasteiger partial charge in [0.05, 0.1) is 24.0 Å². The zero-order valence-corrected chi connectivity index (χ0v) is 20.8. The summed E-state index contributed by atoms with van der Waals surface area (Å²) in [6, 6.07) is 2.57. The lowest BCUT2D eigenvalue weighted by atomic mass is 9.92. The summed E-state index contributed by atoms with van der Waals surface area (Å²) in [6.45, 7) is 9.66. The number of carbonyl (C=O) groups is 1. The number of hydrogen-bond acceptors (Lipinski definition) is 7. The molecule has 11 heteroatoms. The molecule has 0 spiro atoms. The monoisotopic (exact) mass is 500 g/mol. The van der Waals surface area contributed by atoms with Gasteiger partial charge in [0.1, 0.15) is 29.7 Å². The molecule has 9 nitrogen and oxygen atoms in total. The third-order valence-corrected chi connectivity index (χ3v) is 6.58. The van der Waals surface area contributed by atoms with E-state index in [-0.39, 0.29) is 11.6 Å². The number of ether oxygens (including phenoxy) is 2. The van der Waals surface area contributed by atoms with Crippen molar-refractivity contribution in [3.05, 3.63) is 52.6 Å². The van der Waals surface area contributed by atoms with Gasteiger partial charge in [-0.25, -0.2) is 28.5 Å². The van der Waals surface area contributed by atoms with Gasteiger partial charge in [0, 0.05) is 31.2 Å². The van der Waals surface area contributed by atoms with Crippen LogP contribution in [0, 0.1) is 11.6 Å². The molecule has 192 valence electrons. The Morgan fingerprint density at radius 3 is 2.72 bits per heavy atom. The van der Waals surface area contributed by atoms with Crippen molar-refractivity contribution in [3.63, 3.8) is 0 Å². The Morgan fingerprint density at radius 1 is 1.28 bits per heavy atom. The summed E-state index contributed by atoms with van der Waals surface area (Å²) in [5.41, 5.74) is 1.44. The highest BCUT2D eigenvalue weighted by Gasteiger charge is 2.40. The van der Waals surface area contributed by atoms with Crippen molar-refractivity contribution in [2.24, 2.45) is 9.98 Å². The predicted molar refractivity (Wildman–Crippen MR) is 129 cm³/mol. The van der Waals surface area contributed by atoms with Crippen molar-refractivity contribution in [2.75, 3.05) is 6.61 Å². The molecule has 1 aromatic carbocycles. The molecule has 1 fully saturated rings. The average molecular weight is 501 g/mol. The second kappa shape index (κ2) is 9.36. The molecule has 0 saturated carbocycles. The van der Waals surface area contributed by atoms with E-state index in [2.05, 4.69) is 31.7 Å². The van der Waals surface area contributed by atoms with Crippen LogP contribution in [-0.2, 0) is 29.1 Å². The lowest BCUT2D eigenvalue weighted by Crippen LogP contribution is -2.52. The van der Waals surface area contributed by atoms with Crippen molar-refractivity contribution in [1.29, 1.82) is 0 Å². The van der Waals surface area contributed by atoms with E-state index < -0.39 is 35.5 Å². The average Bonchev–Trinajstić information content (AvgIpc) is 3.31. The number of nitrogens with one attached hydrogen (secondary N) is 1. The van der Waals surface area contributed by atoms with E-state index in [1.54, 1.807) is 20.8 Å². The number of nitrogens with zero attached hydrogens (tertiary/aromatic N) is 5. The molecule has 2 aromatic rings. The van der Waals surface area contributed by atoms with Gasteiger partial charge in [-0.3, -0.25) is 4.90 Å². The maximum absolute atomic E-state index is 14.7. The molecule has 0 aliphatic carbocycles. The molecular formula is C25H30F2N6O3. The maximum atomic E-state index is 14.7. The van der Waals surface area contributed by atoms with E-state index in [0.29, 0.717) is 32.0 Å². The molecule has 1 N–H and O–H groups in total. The maximum Gasteiger partial charge on any atom is 0.407 e. The van der Waals surface area contributed by atoms with Crippen molar-refractivity contribution in [2.45, 2.75) is 77.5 Å². The summed E-state index contributed by atoms with van der Waals surface area (Å²) < 4.78 is 42.3. The highest BCUT2D eigenvalue weighted by molar-refractivity contribution is 6.10. The van der Waals surface area contributed by atoms with Gasteiger partial charge in [-0.2, -0.15) is 0 Å². The van der Waals surface area contributed by atoms with E-state index in [1.807, 2.05) is 0 Å². The van der Waals surface area contributed by atoms with Gasteiger partial charge < -0.3 is 19.4 Å². The second-order valence-electron chi connectivity index (χ2n) is 10.2. The Balaban J connectivity index is 1.35. The van der Waals surface area contributed by atoms with Crippen LogP contribution in [0.25, 0.3) is 0 Å². The summed E-state index contributed by atoms with van der Waals surface area (Å²) in [5.74, 6) is 0.262. The van der Waals surface area contributed by atoms with Gasteiger partial charge in [0.2, 0.25) is 0 Å². The number of aromatic nitrogens is 2. The molecule has 3 aliphatic heterocycles. The van der Waals surface area contributed by atoms with E-state index >= 15 is 0 Å². The number of amidine groups is 1. The van der Waals surface area contributed by atoms with E-state index in [9.17, 15) is 13.6 Å². The number of carbonyl (C=O) groups excluding carboxylic acids is 1. The molecule has 1 aromatic heterocycles. The fourth-order valence-electron chi connectivity index (χ4n) is 4.98. The minimum absolute atomic E-state index is 0.0696. The van der Waals surface area contributed by atoms with Gasteiger partial charge in [-0.1, -0.05) is 0 Å². The fraction of sp³-hybridized carbons (Fsp3) is 0.520. The molecular weight excluding hydrogens is 470 g/mol. The largest absolute Gasteiger partial charge is 0.444 e. The number of amides is 1. The van der Waals surface area contributed by atoms with Gasteiger partial charge in [0.25, 0.3) is 0 Å². The third kappa shape index (κ3) is 4.77. The minimum Gasteiger partial charge on any atom is -0.444 e. The highest BCUT2D eigenvalue weighted by Crippen LogP contribution is 2.35. The topological polar surface area (TPSA) is 93.3 Å². The fourth-order valence-corrected chi connectivity index (χ4v) is 4.98. The molecule has 0 unspecified atom stereocenters. The van der Waals surface area contributed by atoms with Crippen LogP contribution < -0.4 is 5.32 Å². The van der Waals surface area contributed by atoms with Crippen molar-refractivity contribution in [1.82, 2.24) is 19.8 Å². The molecule has 4 heterocycles. The van der Waals surface area contributed by atoms with Crippen LogP contribution in [0.3, 0.4) is 0 Å². The van der Waals surface area contributed by atoms with Crippen molar-refractivity contribution < 1.29 is 23.0 Å². The number of imidazole rings is 1. The number of halogens is 2. The van der Waals surface area contributed by atoms with Crippen LogP contribution in [0.1, 0.15) is 63.0 Å². The second-order valence-corrected chi connectivity index (χ2v) is 10.2. The van der Waals surface area contributed by atoms with Crippen LogP contribution in [-0.4, -0.2) is 57.0 Å². The summed E-state index contributed by atoms with van der Waals surface area (Å²) in [6.07, 6.45) is 0.503. The SMILES string of the molecule is CCn1c(C2=NC=N2)nc2c1CN([C@H]1CO[C@H](c3cc(F)ccc3F)[C@@H](NC(=O)OC(C)(C)C)C1)C2. The molecule has 3 aliphatic rings. The highest BCUT2D eigenvalue weighted by atomic mass is 19.1.